The van der Waals surface area contributed by atoms with Crippen molar-refractivity contribution in [2.45, 2.75) is 65.3 Å². The molecule has 1 N–H and O–H groups in total. The normalized spacial score (nSPS) is 22.9. The van der Waals surface area contributed by atoms with Crippen molar-refractivity contribution in [1.29, 1.82) is 0 Å². The molecule has 1 aliphatic heterocycles. The first-order valence-electron chi connectivity index (χ1n) is 7.72. The molecule has 0 saturated carbocycles. The van der Waals surface area contributed by atoms with Gasteiger partial charge in [-0.25, -0.2) is 0 Å². The second kappa shape index (κ2) is 8.93. The molecule has 1 heterocycles. The Morgan fingerprint density at radius 1 is 1.24 bits per heavy atom. The molecule has 102 valence electrons. The molecule has 17 heavy (non-hydrogen) atoms. The topological polar surface area (TPSA) is 15.3 Å². The second-order valence-electron chi connectivity index (χ2n) is 5.80. The summed E-state index contributed by atoms with van der Waals surface area (Å²) in [5.41, 5.74) is 0. The first-order chi connectivity index (χ1) is 8.26. The molecule has 1 aliphatic rings. The van der Waals surface area contributed by atoms with Gasteiger partial charge in [-0.1, -0.05) is 33.6 Å². The molecule has 1 rings (SSSR count). The summed E-state index contributed by atoms with van der Waals surface area (Å²) in [5, 5.41) is 3.67. The summed E-state index contributed by atoms with van der Waals surface area (Å²) in [6.07, 6.45) is 8.15. The maximum Gasteiger partial charge on any atom is 0.0195 e. The van der Waals surface area contributed by atoms with E-state index in [9.17, 15) is 0 Å². The van der Waals surface area contributed by atoms with E-state index in [-0.39, 0.29) is 0 Å². The number of nitrogens with one attached hydrogen (secondary N) is 1. The molecule has 1 saturated heterocycles. The summed E-state index contributed by atoms with van der Waals surface area (Å²) >= 11 is 0. The van der Waals surface area contributed by atoms with Crippen molar-refractivity contribution in [2.75, 3.05) is 26.2 Å². The Labute approximate surface area is 108 Å². The zero-order chi connectivity index (χ0) is 12.5. The van der Waals surface area contributed by atoms with E-state index < -0.39 is 0 Å². The highest BCUT2D eigenvalue weighted by molar-refractivity contribution is 4.76. The van der Waals surface area contributed by atoms with Gasteiger partial charge in [0.15, 0.2) is 0 Å². The van der Waals surface area contributed by atoms with Gasteiger partial charge in [0.25, 0.3) is 0 Å². The summed E-state index contributed by atoms with van der Waals surface area (Å²) in [7, 11) is 0. The predicted molar refractivity (Wildman–Crippen MR) is 76.4 cm³/mol. The molecule has 2 nitrogen and oxygen atoms in total. The molecule has 2 unspecified atom stereocenters. The molecular formula is C15H32N2. The lowest BCUT2D eigenvalue weighted by molar-refractivity contribution is 0.196. The van der Waals surface area contributed by atoms with Crippen LogP contribution in [0, 0.1) is 5.92 Å². The molecule has 1 fully saturated rings. The van der Waals surface area contributed by atoms with E-state index in [1.807, 2.05) is 0 Å². The largest absolute Gasteiger partial charge is 0.313 e. The van der Waals surface area contributed by atoms with Crippen molar-refractivity contribution >= 4 is 0 Å². The van der Waals surface area contributed by atoms with Crippen LogP contribution < -0.4 is 5.32 Å². The fourth-order valence-electron chi connectivity index (χ4n) is 2.99. The lowest BCUT2D eigenvalue weighted by Gasteiger charge is -2.32. The number of hydrogen-bond donors (Lipinski definition) is 1. The standard InChI is InChI=1S/C15H32N2/c1-4-8-14(3)12-17(11-5-2)13-15-9-6-7-10-16-15/h14-16H,4-13H2,1-3H3. The van der Waals surface area contributed by atoms with E-state index in [0.717, 1.165) is 12.0 Å². The fourth-order valence-corrected chi connectivity index (χ4v) is 2.99. The third-order valence-electron chi connectivity index (χ3n) is 3.78. The highest BCUT2D eigenvalue weighted by Crippen LogP contribution is 2.12. The van der Waals surface area contributed by atoms with Crippen LogP contribution in [-0.2, 0) is 0 Å². The Morgan fingerprint density at radius 3 is 2.65 bits per heavy atom. The van der Waals surface area contributed by atoms with E-state index in [1.165, 1.54) is 64.7 Å². The molecule has 2 heteroatoms. The van der Waals surface area contributed by atoms with Crippen LogP contribution in [0.5, 0.6) is 0 Å². The monoisotopic (exact) mass is 240 g/mol. The zero-order valence-electron chi connectivity index (χ0n) is 12.2. The van der Waals surface area contributed by atoms with Gasteiger partial charge in [-0.05, 0) is 44.7 Å². The maximum atomic E-state index is 3.67. The molecular weight excluding hydrogens is 208 g/mol. The maximum absolute atomic E-state index is 3.67. The predicted octanol–water partition coefficient (Wildman–Crippen LogP) is 3.28. The van der Waals surface area contributed by atoms with Crippen molar-refractivity contribution in [3.05, 3.63) is 0 Å². The number of nitrogens with zero attached hydrogens (tertiary/aromatic N) is 1. The highest BCUT2D eigenvalue weighted by Gasteiger charge is 2.17. The Kier molecular flexibility index (Phi) is 7.87. The summed E-state index contributed by atoms with van der Waals surface area (Å²) in [6, 6.07) is 0.754. The summed E-state index contributed by atoms with van der Waals surface area (Å²) < 4.78 is 0. The van der Waals surface area contributed by atoms with Gasteiger partial charge in [-0.3, -0.25) is 0 Å². The van der Waals surface area contributed by atoms with Crippen LogP contribution in [0.25, 0.3) is 0 Å². The minimum absolute atomic E-state index is 0.754. The van der Waals surface area contributed by atoms with Gasteiger partial charge in [0, 0.05) is 19.1 Å². The Bertz CT molecular complexity index is 176. The third kappa shape index (κ3) is 6.42. The molecule has 0 aromatic carbocycles. The van der Waals surface area contributed by atoms with Crippen LogP contribution in [0.4, 0.5) is 0 Å². The van der Waals surface area contributed by atoms with E-state index in [2.05, 4.69) is 31.0 Å². The zero-order valence-corrected chi connectivity index (χ0v) is 12.2. The molecule has 0 aliphatic carbocycles. The highest BCUT2D eigenvalue weighted by atomic mass is 15.1. The van der Waals surface area contributed by atoms with E-state index >= 15 is 0 Å². The van der Waals surface area contributed by atoms with Crippen molar-refractivity contribution < 1.29 is 0 Å². The minimum Gasteiger partial charge on any atom is -0.313 e. The molecule has 0 bridgehead atoms. The van der Waals surface area contributed by atoms with E-state index in [4.69, 9.17) is 0 Å². The van der Waals surface area contributed by atoms with Gasteiger partial charge in [-0.15, -0.1) is 0 Å². The Morgan fingerprint density at radius 2 is 2.06 bits per heavy atom. The van der Waals surface area contributed by atoms with E-state index in [0.29, 0.717) is 0 Å². The summed E-state index contributed by atoms with van der Waals surface area (Å²) in [6.45, 7) is 12.1. The van der Waals surface area contributed by atoms with Gasteiger partial charge < -0.3 is 10.2 Å². The van der Waals surface area contributed by atoms with Crippen LogP contribution in [-0.4, -0.2) is 37.1 Å². The fraction of sp³-hybridized carbons (Fsp3) is 1.00. The average Bonchev–Trinajstić information content (AvgIpc) is 2.31. The SMILES string of the molecule is CCCC(C)CN(CCC)CC1CCCCN1. The quantitative estimate of drug-likeness (QED) is 0.700. The van der Waals surface area contributed by atoms with Gasteiger partial charge in [0.2, 0.25) is 0 Å². The van der Waals surface area contributed by atoms with Crippen molar-refractivity contribution in [3.63, 3.8) is 0 Å². The van der Waals surface area contributed by atoms with E-state index in [1.54, 1.807) is 0 Å². The lowest BCUT2D eigenvalue weighted by atomic mass is 10.0. The first kappa shape index (κ1) is 15.0. The van der Waals surface area contributed by atoms with Crippen molar-refractivity contribution in [2.24, 2.45) is 5.92 Å². The van der Waals surface area contributed by atoms with Crippen LogP contribution in [0.15, 0.2) is 0 Å². The van der Waals surface area contributed by atoms with Crippen LogP contribution in [0.1, 0.15) is 59.3 Å². The molecule has 0 amide bonds. The molecule has 0 aromatic heterocycles. The van der Waals surface area contributed by atoms with Crippen LogP contribution in [0.3, 0.4) is 0 Å². The smallest absolute Gasteiger partial charge is 0.0195 e. The summed E-state index contributed by atoms with van der Waals surface area (Å²) in [5.74, 6) is 0.857. The molecule has 0 radical (unpaired) electrons. The summed E-state index contributed by atoms with van der Waals surface area (Å²) in [4.78, 5) is 2.68. The van der Waals surface area contributed by atoms with Crippen molar-refractivity contribution in [1.82, 2.24) is 10.2 Å². The Hall–Kier alpha value is -0.0800. The molecule has 0 spiro atoms. The van der Waals surface area contributed by atoms with Crippen LogP contribution in [0.2, 0.25) is 0 Å². The number of hydrogen-bond acceptors (Lipinski definition) is 2. The number of rotatable bonds is 8. The third-order valence-corrected chi connectivity index (χ3v) is 3.78. The molecule has 0 aromatic rings. The molecule has 2 atom stereocenters. The lowest BCUT2D eigenvalue weighted by Crippen LogP contribution is -2.45. The number of piperidine rings is 1. The van der Waals surface area contributed by atoms with Gasteiger partial charge in [0.1, 0.15) is 0 Å². The van der Waals surface area contributed by atoms with Crippen LogP contribution >= 0.6 is 0 Å². The van der Waals surface area contributed by atoms with Crippen molar-refractivity contribution in [3.8, 4) is 0 Å². The average molecular weight is 240 g/mol. The van der Waals surface area contributed by atoms with Gasteiger partial charge in [0.05, 0.1) is 0 Å². The van der Waals surface area contributed by atoms with Gasteiger partial charge in [-0.2, -0.15) is 0 Å². The first-order valence-corrected chi connectivity index (χ1v) is 7.72. The van der Waals surface area contributed by atoms with Gasteiger partial charge >= 0.3 is 0 Å². The Balaban J connectivity index is 2.30. The second-order valence-corrected chi connectivity index (χ2v) is 5.80. The minimum atomic E-state index is 0.754.